The van der Waals surface area contributed by atoms with Crippen molar-refractivity contribution in [2.24, 2.45) is 5.10 Å². The maximum Gasteiger partial charge on any atom is 0.353 e. The molecule has 19 heavy (non-hydrogen) atoms. The van der Waals surface area contributed by atoms with Crippen molar-refractivity contribution < 1.29 is 19.4 Å². The summed E-state index contributed by atoms with van der Waals surface area (Å²) < 4.78 is 5.11. The van der Waals surface area contributed by atoms with Crippen molar-refractivity contribution in [3.8, 4) is 0 Å². The zero-order valence-corrected chi connectivity index (χ0v) is 12.3. The molecule has 1 aromatic carbocycles. The molecule has 0 saturated heterocycles. The topological polar surface area (TPSA) is 79.2 Å². The lowest BCUT2D eigenvalue weighted by atomic mass is 10.2. The number of aromatic carboxylic acids is 1. The fourth-order valence-electron chi connectivity index (χ4n) is 1.37. The van der Waals surface area contributed by atoms with E-state index in [9.17, 15) is 9.59 Å². The Morgan fingerprint density at radius 2 is 2.05 bits per heavy atom. The van der Waals surface area contributed by atoms with Crippen molar-refractivity contribution in [2.45, 2.75) is 6.92 Å². The smallest absolute Gasteiger partial charge is 0.353 e. The molecular weight excluding hydrogens is 316 g/mol. The SMILES string of the molecule is COC(=O)/C(C)=N/N(C)c1ccc(C(=O)O)cc1Br. The molecule has 0 aromatic heterocycles. The van der Waals surface area contributed by atoms with Gasteiger partial charge in [-0.05, 0) is 41.1 Å². The van der Waals surface area contributed by atoms with Crippen LogP contribution >= 0.6 is 15.9 Å². The number of nitrogens with zero attached hydrogens (tertiary/aromatic N) is 2. The summed E-state index contributed by atoms with van der Waals surface area (Å²) in [5.74, 6) is -1.53. The van der Waals surface area contributed by atoms with Gasteiger partial charge in [-0.3, -0.25) is 5.01 Å². The van der Waals surface area contributed by atoms with E-state index in [1.165, 1.54) is 31.2 Å². The summed E-state index contributed by atoms with van der Waals surface area (Å²) in [6, 6.07) is 4.53. The molecule has 1 N–H and O–H groups in total. The van der Waals surface area contributed by atoms with Gasteiger partial charge in [0.25, 0.3) is 0 Å². The van der Waals surface area contributed by atoms with Gasteiger partial charge in [-0.25, -0.2) is 9.59 Å². The quantitative estimate of drug-likeness (QED) is 0.520. The molecule has 0 heterocycles. The Kier molecular flexibility index (Phi) is 5.05. The second-order valence-corrected chi connectivity index (χ2v) is 4.53. The molecule has 1 aromatic rings. The van der Waals surface area contributed by atoms with Gasteiger partial charge in [0.1, 0.15) is 5.71 Å². The van der Waals surface area contributed by atoms with Crippen molar-refractivity contribution in [3.05, 3.63) is 28.2 Å². The highest BCUT2D eigenvalue weighted by atomic mass is 79.9. The Bertz CT molecular complexity index is 543. The molecule has 1 rings (SSSR count). The molecule has 0 atom stereocenters. The number of hydrogen-bond donors (Lipinski definition) is 1. The summed E-state index contributed by atoms with van der Waals surface area (Å²) >= 11 is 3.27. The zero-order valence-electron chi connectivity index (χ0n) is 10.7. The number of methoxy groups -OCH3 is 1. The number of halogens is 1. The van der Waals surface area contributed by atoms with Crippen molar-refractivity contribution in [1.82, 2.24) is 0 Å². The van der Waals surface area contributed by atoms with Crippen LogP contribution in [0, 0.1) is 0 Å². The minimum absolute atomic E-state index is 0.165. The number of esters is 1. The van der Waals surface area contributed by atoms with Crippen LogP contribution in [0.1, 0.15) is 17.3 Å². The van der Waals surface area contributed by atoms with Gasteiger partial charge < -0.3 is 9.84 Å². The van der Waals surface area contributed by atoms with Gasteiger partial charge in [-0.15, -0.1) is 0 Å². The Morgan fingerprint density at radius 3 is 2.53 bits per heavy atom. The molecule has 0 spiro atoms. The number of carboxylic acids is 1. The van der Waals surface area contributed by atoms with Crippen LogP contribution in [0.15, 0.2) is 27.8 Å². The van der Waals surface area contributed by atoms with Gasteiger partial charge in [0.05, 0.1) is 18.4 Å². The number of hydrogen-bond acceptors (Lipinski definition) is 5. The predicted molar refractivity (Wildman–Crippen MR) is 74.6 cm³/mol. The van der Waals surface area contributed by atoms with E-state index in [4.69, 9.17) is 5.11 Å². The Hall–Kier alpha value is -1.89. The van der Waals surface area contributed by atoms with E-state index >= 15 is 0 Å². The van der Waals surface area contributed by atoms with Crippen LogP contribution in [-0.4, -0.2) is 36.9 Å². The number of carbonyl (C=O) groups is 2. The first kappa shape index (κ1) is 15.2. The Morgan fingerprint density at radius 1 is 1.42 bits per heavy atom. The van der Waals surface area contributed by atoms with Crippen LogP contribution < -0.4 is 5.01 Å². The third-order valence-electron chi connectivity index (χ3n) is 2.32. The second-order valence-electron chi connectivity index (χ2n) is 3.67. The first-order valence-electron chi connectivity index (χ1n) is 5.27. The van der Waals surface area contributed by atoms with Crippen molar-refractivity contribution in [1.29, 1.82) is 0 Å². The minimum Gasteiger partial charge on any atom is -0.478 e. The van der Waals surface area contributed by atoms with Crippen LogP contribution in [0.3, 0.4) is 0 Å². The fourth-order valence-corrected chi connectivity index (χ4v) is 2.01. The van der Waals surface area contributed by atoms with Gasteiger partial charge in [0.2, 0.25) is 0 Å². The summed E-state index contributed by atoms with van der Waals surface area (Å²) in [5.41, 5.74) is 0.991. The van der Waals surface area contributed by atoms with E-state index in [-0.39, 0.29) is 11.3 Å². The number of carbonyl (C=O) groups excluding carboxylic acids is 1. The Balaban J connectivity index is 3.04. The molecule has 6 nitrogen and oxygen atoms in total. The van der Waals surface area contributed by atoms with E-state index in [1.807, 2.05) is 0 Å². The lowest BCUT2D eigenvalue weighted by Gasteiger charge is -2.16. The van der Waals surface area contributed by atoms with Crippen LogP contribution in [-0.2, 0) is 9.53 Å². The first-order chi connectivity index (χ1) is 8.86. The number of ether oxygens (including phenoxy) is 1. The second kappa shape index (κ2) is 6.33. The Labute approximate surface area is 118 Å². The molecule has 0 bridgehead atoms. The molecule has 0 aliphatic heterocycles. The lowest BCUT2D eigenvalue weighted by Crippen LogP contribution is -2.19. The van der Waals surface area contributed by atoms with Crippen molar-refractivity contribution >= 4 is 39.3 Å². The highest BCUT2D eigenvalue weighted by Crippen LogP contribution is 2.26. The van der Waals surface area contributed by atoms with Crippen molar-refractivity contribution in [2.75, 3.05) is 19.2 Å². The fraction of sp³-hybridized carbons (Fsp3) is 0.250. The number of hydrazone groups is 1. The summed E-state index contributed by atoms with van der Waals surface area (Å²) in [6.07, 6.45) is 0. The number of anilines is 1. The largest absolute Gasteiger partial charge is 0.478 e. The van der Waals surface area contributed by atoms with Gasteiger partial charge in [-0.2, -0.15) is 5.10 Å². The summed E-state index contributed by atoms with van der Waals surface area (Å²) in [4.78, 5) is 22.1. The third kappa shape index (κ3) is 3.78. The average molecular weight is 329 g/mol. The normalized spacial score (nSPS) is 11.1. The van der Waals surface area contributed by atoms with E-state index in [1.54, 1.807) is 13.1 Å². The molecule has 0 fully saturated rings. The van der Waals surface area contributed by atoms with E-state index in [0.29, 0.717) is 10.2 Å². The number of rotatable bonds is 4. The van der Waals surface area contributed by atoms with E-state index in [0.717, 1.165) is 0 Å². The van der Waals surface area contributed by atoms with Gasteiger partial charge in [0, 0.05) is 11.5 Å². The molecule has 0 amide bonds. The number of carboxylic acid groups (broad SMARTS) is 1. The van der Waals surface area contributed by atoms with Crippen LogP contribution in [0.2, 0.25) is 0 Å². The molecule has 102 valence electrons. The molecule has 0 aliphatic carbocycles. The van der Waals surface area contributed by atoms with E-state index < -0.39 is 11.9 Å². The molecular formula is C12H13BrN2O4. The molecule has 7 heteroatoms. The van der Waals surface area contributed by atoms with Crippen molar-refractivity contribution in [3.63, 3.8) is 0 Å². The monoisotopic (exact) mass is 328 g/mol. The summed E-state index contributed by atoms with van der Waals surface area (Å²) in [5, 5.41) is 14.4. The summed E-state index contributed by atoms with van der Waals surface area (Å²) in [7, 11) is 2.92. The number of benzene rings is 1. The standard InChI is InChI=1S/C12H13BrN2O4/c1-7(12(18)19-3)14-15(2)10-5-4-8(11(16)17)6-9(10)13/h4-6H,1-3H3,(H,16,17)/b14-7+. The van der Waals surface area contributed by atoms with Crippen LogP contribution in [0.25, 0.3) is 0 Å². The maximum atomic E-state index is 11.2. The van der Waals surface area contributed by atoms with Gasteiger partial charge in [-0.1, -0.05) is 0 Å². The van der Waals surface area contributed by atoms with Crippen LogP contribution in [0.4, 0.5) is 5.69 Å². The van der Waals surface area contributed by atoms with Gasteiger partial charge >= 0.3 is 11.9 Å². The van der Waals surface area contributed by atoms with E-state index in [2.05, 4.69) is 25.8 Å². The lowest BCUT2D eigenvalue weighted by molar-refractivity contribution is -0.132. The first-order valence-corrected chi connectivity index (χ1v) is 6.06. The highest BCUT2D eigenvalue weighted by molar-refractivity contribution is 9.10. The zero-order chi connectivity index (χ0) is 14.6. The molecule has 0 radical (unpaired) electrons. The predicted octanol–water partition coefficient (Wildman–Crippen LogP) is 2.13. The summed E-state index contributed by atoms with van der Waals surface area (Å²) in [6.45, 7) is 1.53. The molecule has 0 aliphatic rings. The average Bonchev–Trinajstić information content (AvgIpc) is 2.37. The van der Waals surface area contributed by atoms with Crippen LogP contribution in [0.5, 0.6) is 0 Å². The molecule has 0 saturated carbocycles. The minimum atomic E-state index is -1.01. The van der Waals surface area contributed by atoms with Gasteiger partial charge in [0.15, 0.2) is 0 Å². The molecule has 0 unspecified atom stereocenters. The third-order valence-corrected chi connectivity index (χ3v) is 2.96. The maximum absolute atomic E-state index is 11.2. The highest BCUT2D eigenvalue weighted by Gasteiger charge is 2.11.